The molecule has 0 bridgehead atoms. The first-order valence-electron chi connectivity index (χ1n) is 9.41. The second kappa shape index (κ2) is 7.37. The third-order valence-corrected chi connectivity index (χ3v) is 4.76. The first-order chi connectivity index (χ1) is 12.3. The quantitative estimate of drug-likeness (QED) is 0.516. The molecular weight excluding hydrogens is 314 g/mol. The van der Waals surface area contributed by atoms with Crippen LogP contribution in [-0.4, -0.2) is 0 Å². The summed E-state index contributed by atoms with van der Waals surface area (Å²) in [6, 6.07) is 25.9. The molecule has 0 spiro atoms. The maximum atomic E-state index is 3.56. The van der Waals surface area contributed by atoms with Crippen molar-refractivity contribution in [3.8, 4) is 11.1 Å². The van der Waals surface area contributed by atoms with Crippen molar-refractivity contribution >= 4 is 11.4 Å². The predicted octanol–water partition coefficient (Wildman–Crippen LogP) is 7.52. The van der Waals surface area contributed by atoms with Crippen LogP contribution in [-0.2, 0) is 5.41 Å². The van der Waals surface area contributed by atoms with Crippen molar-refractivity contribution in [1.29, 1.82) is 0 Å². The molecule has 0 aliphatic carbocycles. The highest BCUT2D eigenvalue weighted by Crippen LogP contribution is 2.33. The van der Waals surface area contributed by atoms with E-state index >= 15 is 0 Å². The fourth-order valence-corrected chi connectivity index (χ4v) is 3.33. The molecule has 0 aliphatic rings. The van der Waals surface area contributed by atoms with Crippen LogP contribution in [0.2, 0.25) is 0 Å². The Morgan fingerprint density at radius 3 is 1.85 bits per heavy atom. The largest absolute Gasteiger partial charge is 0.356 e. The number of nitrogens with one attached hydrogen (secondary N) is 1. The van der Waals surface area contributed by atoms with E-state index in [1.54, 1.807) is 0 Å². The van der Waals surface area contributed by atoms with Gasteiger partial charge in [-0.3, -0.25) is 0 Å². The minimum absolute atomic E-state index is 0.133. The maximum Gasteiger partial charge on any atom is 0.0387 e. The fourth-order valence-electron chi connectivity index (χ4n) is 3.33. The van der Waals surface area contributed by atoms with Gasteiger partial charge >= 0.3 is 0 Å². The Bertz CT molecular complexity index is 853. The highest BCUT2D eigenvalue weighted by molar-refractivity contribution is 5.68. The van der Waals surface area contributed by atoms with E-state index in [2.05, 4.69) is 107 Å². The molecule has 0 saturated heterocycles. The average Bonchev–Trinajstić information content (AvgIpc) is 2.62. The minimum atomic E-state index is 0.133. The molecule has 0 saturated carbocycles. The van der Waals surface area contributed by atoms with Gasteiger partial charge in [0.15, 0.2) is 0 Å². The molecule has 0 unspecified atom stereocenters. The summed E-state index contributed by atoms with van der Waals surface area (Å²) >= 11 is 0. The summed E-state index contributed by atoms with van der Waals surface area (Å²) in [4.78, 5) is 0. The third-order valence-electron chi connectivity index (χ3n) is 4.76. The van der Waals surface area contributed by atoms with Crippen molar-refractivity contribution in [2.45, 2.75) is 46.0 Å². The summed E-state index contributed by atoms with van der Waals surface area (Å²) in [6.07, 6.45) is 0. The molecule has 26 heavy (non-hydrogen) atoms. The summed E-state index contributed by atoms with van der Waals surface area (Å²) in [7, 11) is 0. The summed E-state index contributed by atoms with van der Waals surface area (Å²) in [6.45, 7) is 11.4. The zero-order valence-electron chi connectivity index (χ0n) is 16.5. The standard InChI is InChI=1S/C25H29N/c1-18(2)23-16-15-22(17-24(23)25(3,4)5)26-21-13-11-20(12-14-21)19-9-7-6-8-10-19/h6-18,26H,1-5H3. The predicted molar refractivity (Wildman–Crippen MR) is 114 cm³/mol. The van der Waals surface area contributed by atoms with Crippen LogP contribution in [0.15, 0.2) is 72.8 Å². The van der Waals surface area contributed by atoms with E-state index in [4.69, 9.17) is 0 Å². The van der Waals surface area contributed by atoms with Crippen LogP contribution in [0.25, 0.3) is 11.1 Å². The Labute approximate surface area is 158 Å². The summed E-state index contributed by atoms with van der Waals surface area (Å²) in [5, 5.41) is 3.56. The van der Waals surface area contributed by atoms with Crippen molar-refractivity contribution in [2.24, 2.45) is 0 Å². The van der Waals surface area contributed by atoms with Crippen LogP contribution in [0, 0.1) is 0 Å². The van der Waals surface area contributed by atoms with Crippen LogP contribution < -0.4 is 5.32 Å². The Morgan fingerprint density at radius 2 is 1.27 bits per heavy atom. The van der Waals surface area contributed by atoms with Gasteiger partial charge in [0, 0.05) is 11.4 Å². The molecule has 1 heteroatoms. The van der Waals surface area contributed by atoms with E-state index in [0.29, 0.717) is 5.92 Å². The number of hydrogen-bond acceptors (Lipinski definition) is 1. The molecule has 134 valence electrons. The number of hydrogen-bond donors (Lipinski definition) is 1. The topological polar surface area (TPSA) is 12.0 Å². The Morgan fingerprint density at radius 1 is 0.692 bits per heavy atom. The van der Waals surface area contributed by atoms with E-state index < -0.39 is 0 Å². The zero-order chi connectivity index (χ0) is 18.7. The van der Waals surface area contributed by atoms with E-state index in [9.17, 15) is 0 Å². The van der Waals surface area contributed by atoms with E-state index in [1.807, 2.05) is 6.07 Å². The summed E-state index contributed by atoms with van der Waals surface area (Å²) in [5.41, 5.74) is 7.72. The Kier molecular flexibility index (Phi) is 5.18. The molecular formula is C25H29N. The lowest BCUT2D eigenvalue weighted by atomic mass is 9.80. The lowest BCUT2D eigenvalue weighted by Crippen LogP contribution is -2.15. The monoisotopic (exact) mass is 343 g/mol. The molecule has 3 rings (SSSR count). The second-order valence-corrected chi connectivity index (χ2v) is 8.28. The van der Waals surface area contributed by atoms with Gasteiger partial charge in [-0.25, -0.2) is 0 Å². The molecule has 3 aromatic carbocycles. The molecule has 0 heterocycles. The van der Waals surface area contributed by atoms with Crippen LogP contribution in [0.1, 0.15) is 51.7 Å². The molecule has 0 fully saturated rings. The van der Waals surface area contributed by atoms with Crippen molar-refractivity contribution in [3.63, 3.8) is 0 Å². The molecule has 3 aromatic rings. The highest BCUT2D eigenvalue weighted by Gasteiger charge is 2.20. The van der Waals surface area contributed by atoms with Gasteiger partial charge in [-0.1, -0.05) is 83.1 Å². The van der Waals surface area contributed by atoms with E-state index in [0.717, 1.165) is 11.4 Å². The van der Waals surface area contributed by atoms with Crippen LogP contribution in [0.4, 0.5) is 11.4 Å². The van der Waals surface area contributed by atoms with Gasteiger partial charge in [-0.05, 0) is 57.9 Å². The van der Waals surface area contributed by atoms with E-state index in [1.165, 1.54) is 22.3 Å². The first-order valence-corrected chi connectivity index (χ1v) is 9.41. The van der Waals surface area contributed by atoms with Gasteiger partial charge < -0.3 is 5.32 Å². The molecule has 0 radical (unpaired) electrons. The van der Waals surface area contributed by atoms with Gasteiger partial charge in [0.25, 0.3) is 0 Å². The van der Waals surface area contributed by atoms with Crippen molar-refractivity contribution in [1.82, 2.24) is 0 Å². The SMILES string of the molecule is CC(C)c1ccc(Nc2ccc(-c3ccccc3)cc2)cc1C(C)(C)C. The number of anilines is 2. The third kappa shape index (κ3) is 4.16. The minimum Gasteiger partial charge on any atom is -0.356 e. The molecule has 0 amide bonds. The summed E-state index contributed by atoms with van der Waals surface area (Å²) < 4.78 is 0. The van der Waals surface area contributed by atoms with Gasteiger partial charge in [0.1, 0.15) is 0 Å². The highest BCUT2D eigenvalue weighted by atomic mass is 14.9. The average molecular weight is 344 g/mol. The second-order valence-electron chi connectivity index (χ2n) is 8.28. The number of rotatable bonds is 4. The summed E-state index contributed by atoms with van der Waals surface area (Å²) in [5.74, 6) is 0.531. The molecule has 0 atom stereocenters. The van der Waals surface area contributed by atoms with Gasteiger partial charge in [-0.2, -0.15) is 0 Å². The Hall–Kier alpha value is -2.54. The van der Waals surface area contributed by atoms with Crippen molar-refractivity contribution in [3.05, 3.63) is 83.9 Å². The lowest BCUT2D eigenvalue weighted by Gasteiger charge is -2.26. The molecule has 1 N–H and O–H groups in total. The van der Waals surface area contributed by atoms with Crippen LogP contribution in [0.3, 0.4) is 0 Å². The van der Waals surface area contributed by atoms with Gasteiger partial charge in [0.2, 0.25) is 0 Å². The van der Waals surface area contributed by atoms with Crippen molar-refractivity contribution < 1.29 is 0 Å². The molecule has 0 aliphatic heterocycles. The lowest BCUT2D eigenvalue weighted by molar-refractivity contribution is 0.577. The zero-order valence-corrected chi connectivity index (χ0v) is 16.5. The first kappa shape index (κ1) is 18.3. The smallest absolute Gasteiger partial charge is 0.0387 e. The molecule has 1 nitrogen and oxygen atoms in total. The normalized spacial score (nSPS) is 11.6. The van der Waals surface area contributed by atoms with Crippen molar-refractivity contribution in [2.75, 3.05) is 5.32 Å². The van der Waals surface area contributed by atoms with Crippen LogP contribution >= 0.6 is 0 Å². The maximum absolute atomic E-state index is 3.56. The van der Waals surface area contributed by atoms with Gasteiger partial charge in [-0.15, -0.1) is 0 Å². The number of benzene rings is 3. The fraction of sp³-hybridized carbons (Fsp3) is 0.280. The Balaban J connectivity index is 1.85. The van der Waals surface area contributed by atoms with Gasteiger partial charge in [0.05, 0.1) is 0 Å². The van der Waals surface area contributed by atoms with E-state index in [-0.39, 0.29) is 5.41 Å². The van der Waals surface area contributed by atoms with Crippen LogP contribution in [0.5, 0.6) is 0 Å². The molecule has 0 aromatic heterocycles.